The lowest BCUT2D eigenvalue weighted by molar-refractivity contribution is 0.295. The Morgan fingerprint density at radius 3 is 3.05 bits per heavy atom. The first-order chi connectivity index (χ1) is 10.3. The van der Waals surface area contributed by atoms with Crippen LogP contribution in [0, 0.1) is 11.8 Å². The number of pyridine rings is 2. The molecule has 0 aromatic carbocycles. The molecule has 0 aliphatic heterocycles. The summed E-state index contributed by atoms with van der Waals surface area (Å²) in [4.78, 5) is 15.6. The summed E-state index contributed by atoms with van der Waals surface area (Å²) in [6.45, 7) is 0.891. The van der Waals surface area contributed by atoms with Crippen LogP contribution in [0.5, 0.6) is 5.75 Å². The van der Waals surface area contributed by atoms with Crippen LogP contribution in [0.25, 0.3) is 0 Å². The van der Waals surface area contributed by atoms with E-state index in [9.17, 15) is 4.79 Å². The van der Waals surface area contributed by atoms with Gasteiger partial charge in [0.05, 0.1) is 19.3 Å². The van der Waals surface area contributed by atoms with Gasteiger partial charge in [-0.3, -0.25) is 9.78 Å². The van der Waals surface area contributed by atoms with Crippen molar-refractivity contribution in [2.24, 2.45) is 0 Å². The smallest absolute Gasteiger partial charge is 0.250 e. The number of ether oxygens (including phenoxy) is 1. The SMILES string of the molecule is O=c1ccccn1CCOc1cncc(C#CCCO)c1. The summed E-state index contributed by atoms with van der Waals surface area (Å²) in [7, 11) is 0. The predicted molar refractivity (Wildman–Crippen MR) is 79.0 cm³/mol. The maximum atomic E-state index is 11.5. The molecule has 2 rings (SSSR count). The second-order valence-corrected chi connectivity index (χ2v) is 4.27. The van der Waals surface area contributed by atoms with Gasteiger partial charge in [-0.25, -0.2) is 0 Å². The standard InChI is InChI=1S/C16H16N2O3/c19-9-4-2-5-14-11-15(13-17-12-14)21-10-8-18-7-3-1-6-16(18)20/h1,3,6-7,11-13,19H,4,8-10H2. The van der Waals surface area contributed by atoms with E-state index in [1.165, 1.54) is 6.07 Å². The minimum atomic E-state index is -0.0529. The number of aliphatic hydroxyl groups is 1. The van der Waals surface area contributed by atoms with Gasteiger partial charge in [-0.1, -0.05) is 17.9 Å². The number of hydrogen-bond donors (Lipinski definition) is 1. The minimum Gasteiger partial charge on any atom is -0.490 e. The molecule has 0 saturated carbocycles. The molecular weight excluding hydrogens is 268 g/mol. The van der Waals surface area contributed by atoms with E-state index < -0.39 is 0 Å². The molecule has 0 aliphatic rings. The van der Waals surface area contributed by atoms with Crippen molar-refractivity contribution in [3.63, 3.8) is 0 Å². The number of aromatic nitrogens is 2. The summed E-state index contributed by atoms with van der Waals surface area (Å²) in [5.41, 5.74) is 0.681. The zero-order chi connectivity index (χ0) is 14.9. The Kier molecular flexibility index (Phi) is 5.56. The summed E-state index contributed by atoms with van der Waals surface area (Å²) in [6.07, 6.45) is 5.40. The average molecular weight is 284 g/mol. The van der Waals surface area contributed by atoms with Gasteiger partial charge in [0.1, 0.15) is 12.4 Å². The van der Waals surface area contributed by atoms with Crippen LogP contribution in [-0.4, -0.2) is 27.9 Å². The van der Waals surface area contributed by atoms with Crippen molar-refractivity contribution in [3.05, 3.63) is 58.8 Å². The molecule has 5 heteroatoms. The third-order valence-electron chi connectivity index (χ3n) is 2.68. The summed E-state index contributed by atoms with van der Waals surface area (Å²) in [5, 5.41) is 8.67. The Morgan fingerprint density at radius 1 is 1.33 bits per heavy atom. The van der Waals surface area contributed by atoms with Gasteiger partial charge >= 0.3 is 0 Å². The van der Waals surface area contributed by atoms with E-state index in [-0.39, 0.29) is 12.2 Å². The maximum absolute atomic E-state index is 11.5. The molecule has 2 heterocycles. The van der Waals surface area contributed by atoms with E-state index in [2.05, 4.69) is 16.8 Å². The lowest BCUT2D eigenvalue weighted by Crippen LogP contribution is -2.21. The van der Waals surface area contributed by atoms with Gasteiger partial charge in [-0.2, -0.15) is 0 Å². The van der Waals surface area contributed by atoms with E-state index in [1.807, 2.05) is 0 Å². The van der Waals surface area contributed by atoms with Gasteiger partial charge in [-0.05, 0) is 12.1 Å². The molecule has 0 radical (unpaired) electrons. The van der Waals surface area contributed by atoms with E-state index in [0.717, 1.165) is 5.56 Å². The van der Waals surface area contributed by atoms with Gasteiger partial charge in [0.2, 0.25) is 0 Å². The van der Waals surface area contributed by atoms with Crippen LogP contribution in [0.15, 0.2) is 47.7 Å². The summed E-state index contributed by atoms with van der Waals surface area (Å²) in [6, 6.07) is 6.81. The Bertz CT molecular complexity index is 698. The lowest BCUT2D eigenvalue weighted by atomic mass is 10.2. The predicted octanol–water partition coefficient (Wildman–Crippen LogP) is 1.06. The second-order valence-electron chi connectivity index (χ2n) is 4.27. The van der Waals surface area contributed by atoms with Crippen LogP contribution in [-0.2, 0) is 6.54 Å². The van der Waals surface area contributed by atoms with E-state index >= 15 is 0 Å². The van der Waals surface area contributed by atoms with Crippen molar-refractivity contribution >= 4 is 0 Å². The number of rotatable bonds is 5. The summed E-state index contributed by atoms with van der Waals surface area (Å²) in [5.74, 6) is 6.33. The third-order valence-corrected chi connectivity index (χ3v) is 2.68. The minimum absolute atomic E-state index is 0.0441. The number of aliphatic hydroxyl groups excluding tert-OH is 1. The molecule has 0 amide bonds. The van der Waals surface area contributed by atoms with Crippen LogP contribution in [0.1, 0.15) is 12.0 Å². The molecule has 5 nitrogen and oxygen atoms in total. The molecule has 21 heavy (non-hydrogen) atoms. The third kappa shape index (κ3) is 4.79. The van der Waals surface area contributed by atoms with E-state index in [4.69, 9.17) is 9.84 Å². The van der Waals surface area contributed by atoms with Crippen molar-refractivity contribution in [1.82, 2.24) is 9.55 Å². The Balaban J connectivity index is 1.92. The van der Waals surface area contributed by atoms with Gasteiger partial charge in [0.25, 0.3) is 5.56 Å². The highest BCUT2D eigenvalue weighted by Gasteiger charge is 1.98. The number of nitrogens with zero attached hydrogens (tertiary/aromatic N) is 2. The van der Waals surface area contributed by atoms with Crippen LogP contribution in [0.2, 0.25) is 0 Å². The Hall–Kier alpha value is -2.58. The highest BCUT2D eigenvalue weighted by molar-refractivity contribution is 5.36. The molecule has 2 aromatic rings. The van der Waals surface area contributed by atoms with Crippen molar-refractivity contribution in [2.75, 3.05) is 13.2 Å². The van der Waals surface area contributed by atoms with Crippen molar-refractivity contribution in [1.29, 1.82) is 0 Å². The summed E-state index contributed by atoms with van der Waals surface area (Å²) < 4.78 is 7.15. The average Bonchev–Trinajstić information content (AvgIpc) is 2.50. The molecule has 1 N–H and O–H groups in total. The monoisotopic (exact) mass is 284 g/mol. The second kappa shape index (κ2) is 7.88. The Labute approximate surface area is 122 Å². The van der Waals surface area contributed by atoms with Gasteiger partial charge in [0.15, 0.2) is 0 Å². The molecule has 0 aliphatic carbocycles. The first-order valence-electron chi connectivity index (χ1n) is 6.62. The van der Waals surface area contributed by atoms with E-state index in [1.54, 1.807) is 41.4 Å². The molecule has 108 valence electrons. The molecule has 0 spiro atoms. The van der Waals surface area contributed by atoms with Gasteiger partial charge in [-0.15, -0.1) is 0 Å². The quantitative estimate of drug-likeness (QED) is 0.834. The number of hydrogen-bond acceptors (Lipinski definition) is 4. The first-order valence-corrected chi connectivity index (χ1v) is 6.62. The lowest BCUT2D eigenvalue weighted by Gasteiger charge is -2.07. The van der Waals surface area contributed by atoms with Crippen molar-refractivity contribution < 1.29 is 9.84 Å². The fourth-order valence-corrected chi connectivity index (χ4v) is 1.69. The maximum Gasteiger partial charge on any atom is 0.250 e. The van der Waals surface area contributed by atoms with Crippen LogP contribution in [0.4, 0.5) is 0 Å². The van der Waals surface area contributed by atoms with Gasteiger partial charge in [0, 0.05) is 30.4 Å². The highest BCUT2D eigenvalue weighted by atomic mass is 16.5. The van der Waals surface area contributed by atoms with E-state index in [0.29, 0.717) is 25.3 Å². The molecule has 0 unspecified atom stereocenters. The zero-order valence-corrected chi connectivity index (χ0v) is 11.5. The molecule has 0 fully saturated rings. The zero-order valence-electron chi connectivity index (χ0n) is 11.5. The Morgan fingerprint density at radius 2 is 2.24 bits per heavy atom. The fraction of sp³-hybridized carbons (Fsp3) is 0.250. The largest absolute Gasteiger partial charge is 0.490 e. The highest BCUT2D eigenvalue weighted by Crippen LogP contribution is 2.10. The van der Waals surface area contributed by atoms with Crippen LogP contribution in [0.3, 0.4) is 0 Å². The molecule has 0 atom stereocenters. The van der Waals surface area contributed by atoms with Crippen molar-refractivity contribution in [2.45, 2.75) is 13.0 Å². The first kappa shape index (κ1) is 14.8. The normalized spacial score (nSPS) is 9.76. The molecule has 0 saturated heterocycles. The molecule has 0 bridgehead atoms. The van der Waals surface area contributed by atoms with Gasteiger partial charge < -0.3 is 14.4 Å². The van der Waals surface area contributed by atoms with Crippen molar-refractivity contribution in [3.8, 4) is 17.6 Å². The van der Waals surface area contributed by atoms with Crippen LogP contribution < -0.4 is 10.3 Å². The topological polar surface area (TPSA) is 64.4 Å². The fourth-order valence-electron chi connectivity index (χ4n) is 1.69. The summed E-state index contributed by atoms with van der Waals surface area (Å²) >= 11 is 0. The van der Waals surface area contributed by atoms with Crippen LogP contribution >= 0.6 is 0 Å². The molecule has 2 aromatic heterocycles. The molecular formula is C16H16N2O3.